The summed E-state index contributed by atoms with van der Waals surface area (Å²) < 4.78 is 5.57. The van der Waals surface area contributed by atoms with E-state index in [1.54, 1.807) is 18.2 Å². The largest absolute Gasteiger partial charge is 0.477 e. The van der Waals surface area contributed by atoms with E-state index >= 15 is 0 Å². The van der Waals surface area contributed by atoms with Gasteiger partial charge >= 0.3 is 5.97 Å². The number of rotatable bonds is 3. The van der Waals surface area contributed by atoms with E-state index in [1.807, 2.05) is 18.2 Å². The Kier molecular flexibility index (Phi) is 3.90. The molecule has 3 rings (SSSR count). The number of nitrogens with zero attached hydrogens (tertiary/aromatic N) is 1. The molecular formula is C16H14ClNO3. The van der Waals surface area contributed by atoms with Crippen molar-refractivity contribution in [1.29, 1.82) is 0 Å². The van der Waals surface area contributed by atoms with Crippen LogP contribution in [0.3, 0.4) is 0 Å². The second kappa shape index (κ2) is 5.84. The Hall–Kier alpha value is -1.91. The van der Waals surface area contributed by atoms with Gasteiger partial charge in [-0.1, -0.05) is 29.8 Å². The summed E-state index contributed by atoms with van der Waals surface area (Å²) in [6, 6.07) is 10.8. The topological polar surface area (TPSA) is 59.4 Å². The van der Waals surface area contributed by atoms with E-state index in [-0.39, 0.29) is 11.8 Å². The number of aromatic carboxylic acids is 1. The molecule has 1 atom stereocenters. The normalized spacial score (nSPS) is 17.9. The molecule has 0 saturated carbocycles. The van der Waals surface area contributed by atoms with Crippen LogP contribution in [0.15, 0.2) is 36.4 Å². The van der Waals surface area contributed by atoms with Gasteiger partial charge < -0.3 is 9.84 Å². The number of carboxylic acid groups (broad SMARTS) is 1. The number of pyridine rings is 1. The predicted octanol–water partition coefficient (Wildman–Crippen LogP) is 3.95. The van der Waals surface area contributed by atoms with Gasteiger partial charge in [-0.05, 0) is 31.0 Å². The van der Waals surface area contributed by atoms with Crippen molar-refractivity contribution in [2.45, 2.75) is 18.9 Å². The molecule has 0 aliphatic carbocycles. The van der Waals surface area contributed by atoms with E-state index in [0.29, 0.717) is 22.9 Å². The van der Waals surface area contributed by atoms with E-state index < -0.39 is 5.97 Å². The van der Waals surface area contributed by atoms with Gasteiger partial charge in [0.1, 0.15) is 0 Å². The minimum absolute atomic E-state index is 0.0550. The molecule has 0 amide bonds. The molecule has 1 aliphatic heterocycles. The zero-order valence-electron chi connectivity index (χ0n) is 11.3. The number of hydrogen-bond donors (Lipinski definition) is 1. The van der Waals surface area contributed by atoms with Crippen LogP contribution < -0.4 is 0 Å². The maximum Gasteiger partial charge on any atom is 0.354 e. The highest BCUT2D eigenvalue weighted by molar-refractivity contribution is 6.30. The highest BCUT2D eigenvalue weighted by Gasteiger charge is 2.24. The number of ether oxygens (including phenoxy) is 1. The van der Waals surface area contributed by atoms with Gasteiger partial charge in [-0.3, -0.25) is 0 Å². The Morgan fingerprint density at radius 3 is 2.86 bits per heavy atom. The Labute approximate surface area is 127 Å². The van der Waals surface area contributed by atoms with Gasteiger partial charge in [0, 0.05) is 22.8 Å². The maximum atomic E-state index is 11.5. The summed E-state index contributed by atoms with van der Waals surface area (Å²) in [5.41, 5.74) is 2.09. The van der Waals surface area contributed by atoms with Gasteiger partial charge in [-0.2, -0.15) is 0 Å². The first-order valence-electron chi connectivity index (χ1n) is 6.77. The predicted molar refractivity (Wildman–Crippen MR) is 79.6 cm³/mol. The molecule has 0 bridgehead atoms. The zero-order valence-corrected chi connectivity index (χ0v) is 12.0. The maximum absolute atomic E-state index is 11.5. The summed E-state index contributed by atoms with van der Waals surface area (Å²) in [5.74, 6) is -1.04. The van der Waals surface area contributed by atoms with Crippen molar-refractivity contribution in [2.75, 3.05) is 6.61 Å². The van der Waals surface area contributed by atoms with Gasteiger partial charge in [-0.25, -0.2) is 9.78 Å². The standard InChI is InChI=1S/C16H14ClNO3/c17-11-4-1-3-10(9-11)13-7-6-12(14-5-2-8-21-14)15(18-13)16(19)20/h1,3-4,6-7,9,14H,2,5,8H2,(H,19,20). The molecule has 4 nitrogen and oxygen atoms in total. The molecule has 21 heavy (non-hydrogen) atoms. The molecule has 2 heterocycles. The van der Waals surface area contributed by atoms with Crippen molar-refractivity contribution in [3.8, 4) is 11.3 Å². The third-order valence-electron chi connectivity index (χ3n) is 3.53. The van der Waals surface area contributed by atoms with Gasteiger partial charge in [0.05, 0.1) is 11.8 Å². The van der Waals surface area contributed by atoms with Crippen LogP contribution in [0.1, 0.15) is 35.0 Å². The summed E-state index contributed by atoms with van der Waals surface area (Å²) in [4.78, 5) is 15.8. The molecule has 1 fully saturated rings. The Morgan fingerprint density at radius 2 is 2.19 bits per heavy atom. The van der Waals surface area contributed by atoms with E-state index in [0.717, 1.165) is 18.4 Å². The zero-order chi connectivity index (χ0) is 14.8. The highest BCUT2D eigenvalue weighted by Crippen LogP contribution is 2.32. The van der Waals surface area contributed by atoms with Crippen LogP contribution in [-0.4, -0.2) is 22.7 Å². The average molecular weight is 304 g/mol. The SMILES string of the molecule is O=C(O)c1nc(-c2cccc(Cl)c2)ccc1C1CCCO1. The molecule has 1 unspecified atom stereocenters. The smallest absolute Gasteiger partial charge is 0.354 e. The molecule has 1 aliphatic rings. The second-order valence-electron chi connectivity index (χ2n) is 4.95. The fourth-order valence-corrected chi connectivity index (χ4v) is 2.72. The minimum atomic E-state index is -1.04. The fourth-order valence-electron chi connectivity index (χ4n) is 2.53. The quantitative estimate of drug-likeness (QED) is 0.932. The Morgan fingerprint density at radius 1 is 1.33 bits per heavy atom. The van der Waals surface area contributed by atoms with Gasteiger partial charge in [0.2, 0.25) is 0 Å². The summed E-state index contributed by atoms with van der Waals surface area (Å²) in [6.07, 6.45) is 1.61. The van der Waals surface area contributed by atoms with E-state index in [1.165, 1.54) is 0 Å². The lowest BCUT2D eigenvalue weighted by atomic mass is 10.0. The van der Waals surface area contributed by atoms with E-state index in [2.05, 4.69) is 4.98 Å². The third kappa shape index (κ3) is 2.91. The first kappa shape index (κ1) is 14.0. The van der Waals surface area contributed by atoms with Crippen molar-refractivity contribution in [1.82, 2.24) is 4.98 Å². The molecule has 1 N–H and O–H groups in total. The molecule has 1 aromatic heterocycles. The first-order chi connectivity index (χ1) is 10.1. The van der Waals surface area contributed by atoms with Crippen LogP contribution >= 0.6 is 11.6 Å². The highest BCUT2D eigenvalue weighted by atomic mass is 35.5. The number of halogens is 1. The second-order valence-corrected chi connectivity index (χ2v) is 5.39. The van der Waals surface area contributed by atoms with Crippen LogP contribution in [0.4, 0.5) is 0 Å². The fraction of sp³-hybridized carbons (Fsp3) is 0.250. The lowest BCUT2D eigenvalue weighted by Crippen LogP contribution is -2.10. The summed E-state index contributed by atoms with van der Waals surface area (Å²) in [7, 11) is 0. The molecule has 1 aromatic carbocycles. The molecule has 5 heteroatoms. The number of aromatic nitrogens is 1. The molecular weight excluding hydrogens is 290 g/mol. The molecule has 1 saturated heterocycles. The third-order valence-corrected chi connectivity index (χ3v) is 3.76. The van der Waals surface area contributed by atoms with Crippen molar-refractivity contribution in [3.05, 3.63) is 52.7 Å². The number of carboxylic acids is 1. The monoisotopic (exact) mass is 303 g/mol. The Bertz CT molecular complexity index is 681. The average Bonchev–Trinajstić information content (AvgIpc) is 3.00. The lowest BCUT2D eigenvalue weighted by molar-refractivity contribution is 0.0674. The van der Waals surface area contributed by atoms with Crippen molar-refractivity contribution in [2.24, 2.45) is 0 Å². The van der Waals surface area contributed by atoms with Crippen LogP contribution in [0, 0.1) is 0 Å². The minimum Gasteiger partial charge on any atom is -0.477 e. The lowest BCUT2D eigenvalue weighted by Gasteiger charge is -2.13. The van der Waals surface area contributed by atoms with Gasteiger partial charge in [-0.15, -0.1) is 0 Å². The van der Waals surface area contributed by atoms with Crippen LogP contribution in [0.2, 0.25) is 5.02 Å². The summed E-state index contributed by atoms with van der Waals surface area (Å²) >= 11 is 5.97. The van der Waals surface area contributed by atoms with Crippen LogP contribution in [0.5, 0.6) is 0 Å². The van der Waals surface area contributed by atoms with Crippen molar-refractivity contribution < 1.29 is 14.6 Å². The van der Waals surface area contributed by atoms with E-state index in [4.69, 9.17) is 16.3 Å². The Balaban J connectivity index is 2.04. The van der Waals surface area contributed by atoms with E-state index in [9.17, 15) is 9.90 Å². The number of hydrogen-bond acceptors (Lipinski definition) is 3. The molecule has 0 radical (unpaired) electrons. The van der Waals surface area contributed by atoms with Crippen LogP contribution in [-0.2, 0) is 4.74 Å². The van der Waals surface area contributed by atoms with Crippen LogP contribution in [0.25, 0.3) is 11.3 Å². The van der Waals surface area contributed by atoms with Gasteiger partial charge in [0.15, 0.2) is 5.69 Å². The first-order valence-corrected chi connectivity index (χ1v) is 7.15. The molecule has 0 spiro atoms. The molecule has 2 aromatic rings. The van der Waals surface area contributed by atoms with Crippen molar-refractivity contribution in [3.63, 3.8) is 0 Å². The van der Waals surface area contributed by atoms with Gasteiger partial charge in [0.25, 0.3) is 0 Å². The number of carbonyl (C=O) groups is 1. The summed E-state index contributed by atoms with van der Waals surface area (Å²) in [6.45, 7) is 0.666. The summed E-state index contributed by atoms with van der Waals surface area (Å²) in [5, 5.41) is 10.00. The molecule has 108 valence electrons. The number of benzene rings is 1. The van der Waals surface area contributed by atoms with Crippen molar-refractivity contribution >= 4 is 17.6 Å².